The first-order chi connectivity index (χ1) is 6.72. The maximum Gasteiger partial charge on any atom is 0.131 e. The molecular weight excluding hydrogens is 189 g/mol. The van der Waals surface area contributed by atoms with E-state index < -0.39 is 5.82 Å². The third kappa shape index (κ3) is 2.12. The monoisotopic (exact) mass is 201 g/mol. The number of benzene rings is 1. The quantitative estimate of drug-likeness (QED) is 0.744. The van der Waals surface area contributed by atoms with E-state index in [4.69, 9.17) is 15.4 Å². The van der Waals surface area contributed by atoms with Crippen molar-refractivity contribution in [2.75, 3.05) is 14.2 Å². The summed E-state index contributed by atoms with van der Waals surface area (Å²) < 4.78 is 22.9. The van der Waals surface area contributed by atoms with E-state index in [-0.39, 0.29) is 6.61 Å². The first-order valence-electron chi connectivity index (χ1n) is 3.95. The summed E-state index contributed by atoms with van der Waals surface area (Å²) in [6.45, 7) is 0.104. The molecule has 1 aromatic rings. The molecule has 0 unspecified atom stereocenters. The van der Waals surface area contributed by atoms with Crippen LogP contribution in [0.2, 0.25) is 0 Å². The van der Waals surface area contributed by atoms with Gasteiger partial charge in [-0.05, 0) is 0 Å². The van der Waals surface area contributed by atoms with E-state index in [1.807, 2.05) is 0 Å². The number of rotatable bonds is 4. The fourth-order valence-corrected chi connectivity index (χ4v) is 1.18. The summed E-state index contributed by atoms with van der Waals surface area (Å²) in [6.07, 6.45) is 0. The first kappa shape index (κ1) is 10.7. The molecule has 5 heteroatoms. The lowest BCUT2D eigenvalue weighted by molar-refractivity contribution is 0.119. The van der Waals surface area contributed by atoms with Gasteiger partial charge >= 0.3 is 0 Å². The second kappa shape index (κ2) is 4.78. The zero-order valence-electron chi connectivity index (χ0n) is 8.04. The third-order valence-electron chi connectivity index (χ3n) is 1.80. The Balaban J connectivity index is 3.18. The lowest BCUT2D eigenvalue weighted by Gasteiger charge is -2.11. The smallest absolute Gasteiger partial charge is 0.131 e. The topological polar surface area (TPSA) is 53.7 Å². The van der Waals surface area contributed by atoms with Crippen molar-refractivity contribution in [3.63, 3.8) is 0 Å². The molecule has 0 spiro atoms. The van der Waals surface area contributed by atoms with E-state index in [2.05, 4.69) is 4.84 Å². The van der Waals surface area contributed by atoms with Crippen LogP contribution in [0.1, 0.15) is 5.56 Å². The van der Waals surface area contributed by atoms with Crippen LogP contribution >= 0.6 is 0 Å². The van der Waals surface area contributed by atoms with Gasteiger partial charge in [-0.1, -0.05) is 0 Å². The fourth-order valence-electron chi connectivity index (χ4n) is 1.18. The SMILES string of the molecule is COc1cc(F)cc(OC)c1CON. The molecule has 0 aliphatic carbocycles. The molecule has 0 radical (unpaired) electrons. The van der Waals surface area contributed by atoms with Gasteiger partial charge in [-0.3, -0.25) is 4.84 Å². The predicted molar refractivity (Wildman–Crippen MR) is 48.5 cm³/mol. The van der Waals surface area contributed by atoms with Gasteiger partial charge in [0.15, 0.2) is 0 Å². The molecule has 1 rings (SSSR count). The standard InChI is InChI=1S/C9H12FNO3/c1-12-8-3-6(10)4-9(13-2)7(8)5-14-11/h3-4H,5,11H2,1-2H3. The summed E-state index contributed by atoms with van der Waals surface area (Å²) in [7, 11) is 2.88. The van der Waals surface area contributed by atoms with Crippen LogP contribution in [0.15, 0.2) is 12.1 Å². The molecule has 0 heterocycles. The van der Waals surface area contributed by atoms with Gasteiger partial charge in [0.2, 0.25) is 0 Å². The highest BCUT2D eigenvalue weighted by molar-refractivity contribution is 5.44. The van der Waals surface area contributed by atoms with Crippen LogP contribution in [0.5, 0.6) is 11.5 Å². The van der Waals surface area contributed by atoms with Crippen molar-refractivity contribution in [2.24, 2.45) is 5.90 Å². The average molecular weight is 201 g/mol. The molecule has 0 aromatic heterocycles. The van der Waals surface area contributed by atoms with Gasteiger partial charge in [-0.2, -0.15) is 0 Å². The zero-order chi connectivity index (χ0) is 10.6. The Kier molecular flexibility index (Phi) is 3.67. The number of methoxy groups -OCH3 is 2. The minimum Gasteiger partial charge on any atom is -0.496 e. The molecule has 0 saturated heterocycles. The van der Waals surface area contributed by atoms with Crippen molar-refractivity contribution in [3.8, 4) is 11.5 Å². The molecule has 0 aliphatic heterocycles. The van der Waals surface area contributed by atoms with Crippen LogP contribution in [0.4, 0.5) is 4.39 Å². The minimum absolute atomic E-state index is 0.104. The highest BCUT2D eigenvalue weighted by atomic mass is 19.1. The third-order valence-corrected chi connectivity index (χ3v) is 1.80. The fraction of sp³-hybridized carbons (Fsp3) is 0.333. The van der Waals surface area contributed by atoms with E-state index in [9.17, 15) is 4.39 Å². The Bertz CT molecular complexity index is 292. The molecule has 0 fully saturated rings. The highest BCUT2D eigenvalue weighted by Crippen LogP contribution is 2.30. The lowest BCUT2D eigenvalue weighted by atomic mass is 10.2. The Labute approximate surface area is 81.3 Å². The Morgan fingerprint density at radius 2 is 1.71 bits per heavy atom. The van der Waals surface area contributed by atoms with Crippen LogP contribution in [-0.2, 0) is 11.4 Å². The molecule has 78 valence electrons. The van der Waals surface area contributed by atoms with Crippen LogP contribution in [0, 0.1) is 5.82 Å². The normalized spacial score (nSPS) is 10.0. The lowest BCUT2D eigenvalue weighted by Crippen LogP contribution is -2.04. The van der Waals surface area contributed by atoms with E-state index in [1.54, 1.807) is 0 Å². The van der Waals surface area contributed by atoms with Gasteiger partial charge in [-0.25, -0.2) is 10.3 Å². The number of hydrogen-bond acceptors (Lipinski definition) is 4. The van der Waals surface area contributed by atoms with Crippen molar-refractivity contribution in [1.29, 1.82) is 0 Å². The molecule has 0 aliphatic rings. The number of hydrogen-bond donors (Lipinski definition) is 1. The van der Waals surface area contributed by atoms with Crippen molar-refractivity contribution in [1.82, 2.24) is 0 Å². The Morgan fingerprint density at radius 3 is 2.07 bits per heavy atom. The molecule has 1 aromatic carbocycles. The van der Waals surface area contributed by atoms with Crippen LogP contribution in [-0.4, -0.2) is 14.2 Å². The second-order valence-electron chi connectivity index (χ2n) is 2.60. The van der Waals surface area contributed by atoms with Crippen molar-refractivity contribution in [2.45, 2.75) is 6.61 Å². The van der Waals surface area contributed by atoms with Crippen molar-refractivity contribution in [3.05, 3.63) is 23.5 Å². The van der Waals surface area contributed by atoms with Crippen LogP contribution < -0.4 is 15.4 Å². The molecule has 0 amide bonds. The summed E-state index contributed by atoms with van der Waals surface area (Å²) >= 11 is 0. The molecular formula is C9H12FNO3. The molecule has 4 nitrogen and oxygen atoms in total. The Hall–Kier alpha value is -1.33. The predicted octanol–water partition coefficient (Wildman–Crippen LogP) is 1.23. The average Bonchev–Trinajstić information content (AvgIpc) is 2.20. The van der Waals surface area contributed by atoms with Crippen LogP contribution in [0.25, 0.3) is 0 Å². The molecule has 0 atom stereocenters. The van der Waals surface area contributed by atoms with Gasteiger partial charge in [0.25, 0.3) is 0 Å². The van der Waals surface area contributed by atoms with Gasteiger partial charge in [0.1, 0.15) is 23.9 Å². The molecule has 0 saturated carbocycles. The summed E-state index contributed by atoms with van der Waals surface area (Å²) in [5.74, 6) is 5.22. The van der Waals surface area contributed by atoms with Crippen molar-refractivity contribution >= 4 is 0 Å². The van der Waals surface area contributed by atoms with Crippen LogP contribution in [0.3, 0.4) is 0 Å². The van der Waals surface area contributed by atoms with Gasteiger partial charge < -0.3 is 9.47 Å². The number of ether oxygens (including phenoxy) is 2. The summed E-state index contributed by atoms with van der Waals surface area (Å²) in [6, 6.07) is 2.49. The number of halogens is 1. The summed E-state index contributed by atoms with van der Waals surface area (Å²) in [5.41, 5.74) is 0.582. The van der Waals surface area contributed by atoms with E-state index in [0.29, 0.717) is 17.1 Å². The van der Waals surface area contributed by atoms with Gasteiger partial charge in [-0.15, -0.1) is 0 Å². The van der Waals surface area contributed by atoms with Gasteiger partial charge in [0, 0.05) is 12.1 Å². The minimum atomic E-state index is -0.431. The molecule has 0 bridgehead atoms. The van der Waals surface area contributed by atoms with Crippen molar-refractivity contribution < 1.29 is 18.7 Å². The van der Waals surface area contributed by atoms with E-state index >= 15 is 0 Å². The molecule has 2 N–H and O–H groups in total. The number of nitrogens with two attached hydrogens (primary N) is 1. The first-order valence-corrected chi connectivity index (χ1v) is 3.95. The zero-order valence-corrected chi connectivity index (χ0v) is 8.04. The van der Waals surface area contributed by atoms with E-state index in [0.717, 1.165) is 0 Å². The van der Waals surface area contributed by atoms with Gasteiger partial charge in [0.05, 0.1) is 19.8 Å². The summed E-state index contributed by atoms with van der Waals surface area (Å²) in [4.78, 5) is 4.47. The Morgan fingerprint density at radius 1 is 1.21 bits per heavy atom. The maximum absolute atomic E-state index is 13.0. The molecule has 14 heavy (non-hydrogen) atoms. The largest absolute Gasteiger partial charge is 0.496 e. The highest BCUT2D eigenvalue weighted by Gasteiger charge is 2.12. The maximum atomic E-state index is 13.0. The second-order valence-corrected chi connectivity index (χ2v) is 2.60. The van der Waals surface area contributed by atoms with E-state index in [1.165, 1.54) is 26.4 Å². The summed E-state index contributed by atoms with van der Waals surface area (Å²) in [5, 5.41) is 0.